The van der Waals surface area contributed by atoms with Gasteiger partial charge in [-0.1, -0.05) is 207 Å². The van der Waals surface area contributed by atoms with Gasteiger partial charge >= 0.3 is 18.5 Å². The molecule has 20 rings (SSSR count). The highest BCUT2D eigenvalue weighted by molar-refractivity contribution is 7.64. The van der Waals surface area contributed by atoms with Crippen LogP contribution in [0.5, 0.6) is 0 Å². The summed E-state index contributed by atoms with van der Waals surface area (Å²) in [4.78, 5) is 0. The molecule has 0 aromatic heterocycles. The van der Waals surface area contributed by atoms with E-state index in [4.69, 9.17) is 52.1 Å². The number of alkyl halides is 9. The van der Waals surface area contributed by atoms with E-state index in [2.05, 4.69) is 183 Å². The lowest BCUT2D eigenvalue weighted by Gasteiger charge is -2.74. The maximum Gasteiger partial charge on any atom is 0.443 e. The van der Waals surface area contributed by atoms with Gasteiger partial charge in [0, 0.05) is 80.9 Å². The summed E-state index contributed by atoms with van der Waals surface area (Å²) in [6.45, 7) is 63.1. The van der Waals surface area contributed by atoms with Gasteiger partial charge in [0.05, 0.1) is 35.2 Å². The summed E-state index contributed by atoms with van der Waals surface area (Å²) in [5.41, 5.74) is -0.846. The summed E-state index contributed by atoms with van der Waals surface area (Å²) in [5, 5.41) is -4.39. The SMILES string of the molecule is CC(C)(C)P1C2(C)CC3(C(F)(F)F)OC(C(F)(F)F)(CC1(C(F)(F)F)O3)O2.CC(C)(C)P1C2(C)CC3CC1(C)CC(C2)O3.CC12CC3(C)OC(C)(CC(O1)P3C(C)(C)C)O2.CCC12CC3(CC)CC(CC)(O1)OC(CC)(O2)P3C(C)(C)C.CCCC12CC3(CCC)CC(CCC)(O1)OC(CCC)(O2)P3C(C)(C)C. The molecule has 20 bridgehead atoms. The Morgan fingerprint density at radius 3 is 1.11 bits per heavy atom. The summed E-state index contributed by atoms with van der Waals surface area (Å²) < 4.78 is 203. The van der Waals surface area contributed by atoms with Crippen LogP contribution in [-0.2, 0) is 61.6 Å². The molecule has 0 saturated carbocycles. The molecule has 20 heterocycles. The highest BCUT2D eigenvalue weighted by Gasteiger charge is 2.91. The molecule has 13 nitrogen and oxygen atoms in total. The minimum atomic E-state index is -5.63. The molecule has 0 amide bonds. The predicted octanol–water partition coefficient (Wildman–Crippen LogP) is 26.1. The van der Waals surface area contributed by atoms with Gasteiger partial charge in [-0.15, -0.1) is 0 Å². The third-order valence-corrected chi connectivity index (χ3v) is 45.5. The van der Waals surface area contributed by atoms with Crippen LogP contribution in [0.15, 0.2) is 0 Å². The van der Waals surface area contributed by atoms with E-state index in [1.807, 2.05) is 0 Å². The smallest absolute Gasteiger partial charge is 0.375 e. The minimum absolute atomic E-state index is 0.0590. The van der Waals surface area contributed by atoms with E-state index in [1.54, 1.807) is 0 Å². The van der Waals surface area contributed by atoms with Gasteiger partial charge in [-0.3, -0.25) is 0 Å². The molecular weight excluding hydrogens is 1510 g/mol. The number of ether oxygens (including phenoxy) is 13. The summed E-state index contributed by atoms with van der Waals surface area (Å²) in [7, 11) is -3.77. The van der Waals surface area contributed by atoms with Crippen molar-refractivity contribution in [3.63, 3.8) is 0 Å². The summed E-state index contributed by atoms with van der Waals surface area (Å²) >= 11 is 0. The Morgan fingerprint density at radius 2 is 0.741 bits per heavy atom. The number of halogens is 9. The molecule has 20 fully saturated rings. The minimum Gasteiger partial charge on any atom is -0.375 e. The van der Waals surface area contributed by atoms with E-state index >= 15 is 0 Å². The Bertz CT molecular complexity index is 3100. The second kappa shape index (κ2) is 27.5. The fraction of sp³-hybridized carbons (Fsp3) is 1.00. The number of hydrogen-bond acceptors (Lipinski definition) is 13. The van der Waals surface area contributed by atoms with Crippen molar-refractivity contribution >= 4 is 39.6 Å². The fourth-order valence-electron chi connectivity index (χ4n) is 25.7. The number of rotatable bonds is 12. The maximum atomic E-state index is 14.1. The van der Waals surface area contributed by atoms with Crippen LogP contribution in [0, 0.1) is 0 Å². The van der Waals surface area contributed by atoms with Crippen molar-refractivity contribution < 1.29 is 101 Å². The van der Waals surface area contributed by atoms with E-state index < -0.39 is 128 Å². The van der Waals surface area contributed by atoms with Crippen LogP contribution in [0.25, 0.3) is 0 Å². The lowest BCUT2D eigenvalue weighted by atomic mass is 9.78. The molecule has 0 aromatic carbocycles. The zero-order valence-electron chi connectivity index (χ0n) is 71.1. The molecule has 16 atom stereocenters. The van der Waals surface area contributed by atoms with Crippen molar-refractivity contribution in [3.8, 4) is 0 Å². The summed E-state index contributed by atoms with van der Waals surface area (Å²) in [6.07, 6.45) is 5.21. The fourth-order valence-corrected chi connectivity index (χ4v) is 51.5. The van der Waals surface area contributed by atoms with Gasteiger partial charge in [-0.05, 0) is 147 Å². The van der Waals surface area contributed by atoms with Gasteiger partial charge in [0.25, 0.3) is 11.6 Å². The first kappa shape index (κ1) is 89.8. The highest BCUT2D eigenvalue weighted by Crippen LogP contribution is 2.88. The highest BCUT2D eigenvalue weighted by atomic mass is 31.1. The third-order valence-electron chi connectivity index (χ3n) is 25.9. The average Bonchev–Trinajstić information content (AvgIpc) is 0.649. The molecule has 0 aromatic rings. The van der Waals surface area contributed by atoms with E-state index in [1.165, 1.54) is 65.7 Å². The van der Waals surface area contributed by atoms with Crippen molar-refractivity contribution in [1.82, 2.24) is 0 Å². The van der Waals surface area contributed by atoms with Crippen LogP contribution in [0.4, 0.5) is 39.5 Å². The molecule has 27 heteroatoms. The van der Waals surface area contributed by atoms with Crippen LogP contribution in [0.3, 0.4) is 0 Å². The lowest BCUT2D eigenvalue weighted by Crippen LogP contribution is -2.83. The summed E-state index contributed by atoms with van der Waals surface area (Å²) in [6, 6.07) is 0. The molecule has 16 unspecified atom stereocenters. The van der Waals surface area contributed by atoms with Gasteiger partial charge < -0.3 is 61.6 Å². The summed E-state index contributed by atoms with van der Waals surface area (Å²) in [5.74, 6) is -10.4. The molecular formula is C81H138F9O13P5. The first-order valence-electron chi connectivity index (χ1n) is 41.0. The van der Waals surface area contributed by atoms with Crippen LogP contribution in [-0.4, -0.2) is 156 Å². The molecule has 108 heavy (non-hydrogen) atoms. The Labute approximate surface area is 648 Å². The van der Waals surface area contributed by atoms with Crippen molar-refractivity contribution in [2.75, 3.05) is 0 Å². The molecule has 0 spiro atoms. The standard InChI is InChI=1S/C22H41O3P.C18H33O3P.C14H16F9O3P.C14H25OP.C13H23O3P/c1-8-12-19-16-20(13-9-2)23-21(17-19,14-10-3)25-22(24-20,15-11-4)26(19)18(5,6)7;1-8-15-12-16(9-2)19-17(10-3,13-15)21-18(11-4,20-16)22(15)14(5,6)7;1-7(2,3)27-8(4)5-9(12(15,16)17)25-10(24-8,13(18,19)20)6-11(27,26-9)14(21,22)23;1-12(2,3)16-13(4)6-10-8-14(16,5)9-11(7-13)15-10;1-10(2,3)17-9-7-11(4)15-12(5,14-9)8-13(17,6)16-11/h8-17H2,1-7H3;8-13H2,1-7H3;5-6H2,1-4H3;10-11H,6-9H2,1-5H3;9H,7-8H2,1-6H3. The van der Waals surface area contributed by atoms with Crippen LogP contribution < -0.4 is 0 Å². The first-order valence-corrected chi connectivity index (χ1v) is 47.8. The van der Waals surface area contributed by atoms with Gasteiger partial charge in [-0.25, -0.2) is 0 Å². The van der Waals surface area contributed by atoms with Crippen LogP contribution in [0.2, 0.25) is 0 Å². The van der Waals surface area contributed by atoms with Crippen LogP contribution in [0.1, 0.15) is 355 Å². The topological polar surface area (TPSA) is 120 Å². The van der Waals surface area contributed by atoms with E-state index in [0.717, 1.165) is 103 Å². The second-order valence-corrected chi connectivity index (χ2v) is 60.0. The Morgan fingerprint density at radius 1 is 0.324 bits per heavy atom. The van der Waals surface area contributed by atoms with Crippen molar-refractivity contribution in [2.24, 2.45) is 0 Å². The van der Waals surface area contributed by atoms with E-state index in [9.17, 15) is 39.5 Å². The van der Waals surface area contributed by atoms with Crippen molar-refractivity contribution in [2.45, 2.75) is 511 Å². The van der Waals surface area contributed by atoms with Gasteiger partial charge in [0.15, 0.2) is 51.1 Å². The van der Waals surface area contributed by atoms with Crippen LogP contribution >= 0.6 is 39.6 Å². The Kier molecular flexibility index (Phi) is 22.9. The zero-order valence-corrected chi connectivity index (χ0v) is 75.6. The van der Waals surface area contributed by atoms with Gasteiger partial charge in [-0.2, -0.15) is 39.5 Å². The maximum absolute atomic E-state index is 14.1. The Balaban J connectivity index is 0.000000136. The molecule has 0 radical (unpaired) electrons. The normalized spacial score (nSPS) is 49.7. The van der Waals surface area contributed by atoms with Gasteiger partial charge in [0.1, 0.15) is 0 Å². The molecule has 0 N–H and O–H groups in total. The molecule has 20 saturated heterocycles. The lowest BCUT2D eigenvalue weighted by molar-refractivity contribution is -0.579. The van der Waals surface area contributed by atoms with Crippen molar-refractivity contribution in [3.05, 3.63) is 0 Å². The molecule has 628 valence electrons. The molecule has 20 aliphatic heterocycles. The first-order chi connectivity index (χ1) is 48.7. The average molecular weight is 1650 g/mol. The quantitative estimate of drug-likeness (QED) is 0.136. The largest absolute Gasteiger partial charge is 0.443 e. The van der Waals surface area contributed by atoms with Gasteiger partial charge in [0.2, 0.25) is 0 Å². The third kappa shape index (κ3) is 14.7. The molecule has 0 aliphatic carbocycles. The number of hydrogen-bond donors (Lipinski definition) is 0. The van der Waals surface area contributed by atoms with Crippen molar-refractivity contribution in [1.29, 1.82) is 0 Å². The molecule has 20 aliphatic rings. The monoisotopic (exact) mass is 1640 g/mol. The second-order valence-electron chi connectivity index (χ2n) is 41.2. The predicted molar refractivity (Wildman–Crippen MR) is 414 cm³/mol. The Hall–Kier alpha value is 1.000. The van der Waals surface area contributed by atoms with E-state index in [-0.39, 0.29) is 36.7 Å². The van der Waals surface area contributed by atoms with E-state index in [0.29, 0.717) is 43.8 Å². The zero-order chi connectivity index (χ0) is 81.3.